The number of nitrogens with zero attached hydrogens (tertiary/aromatic N) is 2. The van der Waals surface area contributed by atoms with E-state index in [9.17, 15) is 4.79 Å². The van der Waals surface area contributed by atoms with Gasteiger partial charge in [-0.05, 0) is 31.2 Å². The van der Waals surface area contributed by atoms with E-state index in [4.69, 9.17) is 9.84 Å². The topological polar surface area (TPSA) is 63.8 Å². The summed E-state index contributed by atoms with van der Waals surface area (Å²) in [4.78, 5) is 16.6. The fourth-order valence-corrected chi connectivity index (χ4v) is 3.00. The summed E-state index contributed by atoms with van der Waals surface area (Å²) in [5.74, 6) is -0.122. The third kappa shape index (κ3) is 1.94. The quantitative estimate of drug-likeness (QED) is 0.804. The molecule has 0 spiro atoms. The van der Waals surface area contributed by atoms with E-state index in [-0.39, 0.29) is 0 Å². The Morgan fingerprint density at radius 1 is 1.35 bits per heavy atom. The number of fused-ring (bicyclic) bond motifs is 1. The van der Waals surface area contributed by atoms with E-state index in [0.717, 1.165) is 17.0 Å². The molecule has 0 bridgehead atoms. The van der Waals surface area contributed by atoms with Crippen molar-refractivity contribution in [1.82, 2.24) is 9.38 Å². The first-order chi connectivity index (χ1) is 9.60. The van der Waals surface area contributed by atoms with Crippen LogP contribution in [0.15, 0.2) is 30.5 Å². The molecule has 0 radical (unpaired) electrons. The SMILES string of the molecule is COc1ccc(-c2cn3c(C)c(C(=O)O)sc3n2)cc1. The molecule has 1 N–H and O–H groups in total. The standard InChI is InChI=1S/C14H12N2O3S/c1-8-12(13(17)18)20-14-15-11(7-16(8)14)9-3-5-10(19-2)6-4-9/h3-7H,1-2H3,(H,17,18). The molecule has 2 heterocycles. The van der Waals surface area contributed by atoms with Gasteiger partial charge in [0.2, 0.25) is 0 Å². The summed E-state index contributed by atoms with van der Waals surface area (Å²) in [6.07, 6.45) is 1.86. The highest BCUT2D eigenvalue weighted by molar-refractivity contribution is 7.19. The number of benzene rings is 1. The number of aromatic nitrogens is 2. The number of imidazole rings is 1. The lowest BCUT2D eigenvalue weighted by molar-refractivity contribution is 0.0701. The number of methoxy groups -OCH3 is 1. The van der Waals surface area contributed by atoms with Crippen molar-refractivity contribution >= 4 is 22.3 Å². The minimum Gasteiger partial charge on any atom is -0.497 e. The van der Waals surface area contributed by atoms with Crippen molar-refractivity contribution in [3.8, 4) is 17.0 Å². The van der Waals surface area contributed by atoms with Gasteiger partial charge in [0.25, 0.3) is 0 Å². The molecule has 3 aromatic rings. The fourth-order valence-electron chi connectivity index (χ4n) is 2.05. The largest absolute Gasteiger partial charge is 0.497 e. The summed E-state index contributed by atoms with van der Waals surface area (Å²) < 4.78 is 6.93. The minimum atomic E-state index is -0.913. The van der Waals surface area contributed by atoms with Crippen molar-refractivity contribution in [2.45, 2.75) is 6.92 Å². The number of carboxylic acids is 1. The first kappa shape index (κ1) is 12.7. The van der Waals surface area contributed by atoms with Crippen LogP contribution in [0.4, 0.5) is 0 Å². The number of rotatable bonds is 3. The van der Waals surface area contributed by atoms with E-state index < -0.39 is 5.97 Å². The molecule has 0 unspecified atom stereocenters. The lowest BCUT2D eigenvalue weighted by Gasteiger charge is -2.00. The molecule has 0 atom stereocenters. The predicted octanol–water partition coefficient (Wildman–Crippen LogP) is 3.08. The average Bonchev–Trinajstić information content (AvgIpc) is 2.99. The van der Waals surface area contributed by atoms with Crippen molar-refractivity contribution in [2.75, 3.05) is 7.11 Å². The van der Waals surface area contributed by atoms with Gasteiger partial charge in [0, 0.05) is 17.5 Å². The van der Waals surface area contributed by atoms with Gasteiger partial charge in [0.15, 0.2) is 4.96 Å². The molecule has 0 saturated heterocycles. The Morgan fingerprint density at radius 2 is 2.05 bits per heavy atom. The summed E-state index contributed by atoms with van der Waals surface area (Å²) in [5, 5.41) is 9.08. The Kier molecular flexibility index (Phi) is 2.94. The maximum atomic E-state index is 11.1. The van der Waals surface area contributed by atoms with Crippen molar-refractivity contribution in [3.05, 3.63) is 41.0 Å². The maximum absolute atomic E-state index is 11.1. The zero-order chi connectivity index (χ0) is 14.3. The predicted molar refractivity (Wildman–Crippen MR) is 76.8 cm³/mol. The Hall–Kier alpha value is -2.34. The van der Waals surface area contributed by atoms with Crippen LogP contribution in [0.5, 0.6) is 5.75 Å². The normalized spacial score (nSPS) is 10.9. The number of aromatic carboxylic acids is 1. The third-order valence-electron chi connectivity index (χ3n) is 3.14. The molecule has 20 heavy (non-hydrogen) atoms. The monoisotopic (exact) mass is 288 g/mol. The summed E-state index contributed by atoms with van der Waals surface area (Å²) >= 11 is 1.18. The molecule has 0 fully saturated rings. The molecule has 0 aliphatic rings. The zero-order valence-corrected chi connectivity index (χ0v) is 11.8. The molecule has 3 rings (SSSR count). The van der Waals surface area contributed by atoms with E-state index in [0.29, 0.717) is 15.5 Å². The van der Waals surface area contributed by atoms with E-state index in [1.807, 2.05) is 34.9 Å². The number of ether oxygens (including phenoxy) is 1. The second-order valence-corrected chi connectivity index (χ2v) is 5.31. The zero-order valence-electron chi connectivity index (χ0n) is 11.0. The van der Waals surface area contributed by atoms with Gasteiger partial charge in [-0.1, -0.05) is 11.3 Å². The van der Waals surface area contributed by atoms with Gasteiger partial charge in [0.1, 0.15) is 10.6 Å². The maximum Gasteiger partial charge on any atom is 0.347 e. The van der Waals surface area contributed by atoms with Crippen molar-refractivity contribution < 1.29 is 14.6 Å². The third-order valence-corrected chi connectivity index (χ3v) is 4.28. The van der Waals surface area contributed by atoms with Crippen LogP contribution in [0.2, 0.25) is 0 Å². The number of thiazole rings is 1. The molecule has 102 valence electrons. The average molecular weight is 288 g/mol. The molecule has 0 aliphatic carbocycles. The van der Waals surface area contributed by atoms with Gasteiger partial charge in [-0.3, -0.25) is 4.40 Å². The highest BCUT2D eigenvalue weighted by Crippen LogP contribution is 2.27. The van der Waals surface area contributed by atoms with Crippen LogP contribution in [-0.2, 0) is 0 Å². The highest BCUT2D eigenvalue weighted by atomic mass is 32.1. The first-order valence-corrected chi connectivity index (χ1v) is 6.78. The van der Waals surface area contributed by atoms with Crippen LogP contribution in [0.25, 0.3) is 16.2 Å². The van der Waals surface area contributed by atoms with Crippen LogP contribution in [0.3, 0.4) is 0 Å². The van der Waals surface area contributed by atoms with Crippen LogP contribution in [-0.4, -0.2) is 27.6 Å². The number of carbonyl (C=O) groups is 1. The van der Waals surface area contributed by atoms with Gasteiger partial charge in [-0.25, -0.2) is 9.78 Å². The second kappa shape index (κ2) is 4.64. The molecule has 1 aromatic carbocycles. The fraction of sp³-hybridized carbons (Fsp3) is 0.143. The van der Waals surface area contributed by atoms with E-state index in [1.165, 1.54) is 11.3 Å². The molecule has 2 aromatic heterocycles. The van der Waals surface area contributed by atoms with Crippen LogP contribution >= 0.6 is 11.3 Å². The number of carboxylic acid groups (broad SMARTS) is 1. The molecule has 0 amide bonds. The Labute approximate surface area is 119 Å². The second-order valence-electron chi connectivity index (χ2n) is 4.33. The molecule has 6 heteroatoms. The van der Waals surface area contributed by atoms with E-state index in [2.05, 4.69) is 4.98 Å². The van der Waals surface area contributed by atoms with Gasteiger partial charge < -0.3 is 9.84 Å². The summed E-state index contributed by atoms with van der Waals surface area (Å²) in [6.45, 7) is 1.78. The van der Waals surface area contributed by atoms with Gasteiger partial charge in [-0.2, -0.15) is 0 Å². The van der Waals surface area contributed by atoms with Crippen LogP contribution in [0, 0.1) is 6.92 Å². The summed E-state index contributed by atoms with van der Waals surface area (Å²) in [6, 6.07) is 7.61. The summed E-state index contributed by atoms with van der Waals surface area (Å²) in [7, 11) is 1.62. The number of hydrogen-bond donors (Lipinski definition) is 1. The molecule has 0 saturated carbocycles. The number of hydrogen-bond acceptors (Lipinski definition) is 4. The Bertz CT molecular complexity index is 787. The lowest BCUT2D eigenvalue weighted by atomic mass is 10.2. The minimum absolute atomic E-state index is 0.328. The molecular formula is C14H12N2O3S. The first-order valence-electron chi connectivity index (χ1n) is 5.96. The smallest absolute Gasteiger partial charge is 0.347 e. The van der Waals surface area contributed by atoms with Gasteiger partial charge in [0.05, 0.1) is 12.8 Å². The molecule has 5 nitrogen and oxygen atoms in total. The number of aryl methyl sites for hydroxylation is 1. The highest BCUT2D eigenvalue weighted by Gasteiger charge is 2.17. The Balaban J connectivity index is 2.06. The van der Waals surface area contributed by atoms with Crippen molar-refractivity contribution in [1.29, 1.82) is 0 Å². The van der Waals surface area contributed by atoms with Gasteiger partial charge >= 0.3 is 5.97 Å². The summed E-state index contributed by atoms with van der Waals surface area (Å²) in [5.41, 5.74) is 2.49. The Morgan fingerprint density at radius 3 is 2.60 bits per heavy atom. The van der Waals surface area contributed by atoms with Crippen molar-refractivity contribution in [3.63, 3.8) is 0 Å². The van der Waals surface area contributed by atoms with Crippen LogP contribution < -0.4 is 4.74 Å². The van der Waals surface area contributed by atoms with Crippen molar-refractivity contribution in [2.24, 2.45) is 0 Å². The molecule has 0 aliphatic heterocycles. The van der Waals surface area contributed by atoms with E-state index in [1.54, 1.807) is 14.0 Å². The molecular weight excluding hydrogens is 276 g/mol. The van der Waals surface area contributed by atoms with E-state index >= 15 is 0 Å². The lowest BCUT2D eigenvalue weighted by Crippen LogP contribution is -1.96. The van der Waals surface area contributed by atoms with Gasteiger partial charge in [-0.15, -0.1) is 0 Å². The van der Waals surface area contributed by atoms with Crippen LogP contribution in [0.1, 0.15) is 15.4 Å².